The van der Waals surface area contributed by atoms with E-state index in [1.54, 1.807) is 0 Å². The van der Waals surface area contributed by atoms with Crippen molar-refractivity contribution in [2.75, 3.05) is 19.7 Å². The number of nitrogens with one attached hydrogen (secondary N) is 1. The van der Waals surface area contributed by atoms with Crippen LogP contribution in [0.1, 0.15) is 30.6 Å². The Kier molecular flexibility index (Phi) is 3.75. The van der Waals surface area contributed by atoms with Crippen molar-refractivity contribution in [3.63, 3.8) is 0 Å². The van der Waals surface area contributed by atoms with Crippen molar-refractivity contribution in [1.82, 2.24) is 5.32 Å². The first-order valence-corrected chi connectivity index (χ1v) is 5.82. The molecule has 1 heterocycles. The molecule has 15 heavy (non-hydrogen) atoms. The van der Waals surface area contributed by atoms with E-state index >= 15 is 0 Å². The highest BCUT2D eigenvalue weighted by Gasteiger charge is 2.19. The molecule has 1 aromatic carbocycles. The monoisotopic (exact) mass is 205 g/mol. The Morgan fingerprint density at radius 1 is 1.40 bits per heavy atom. The van der Waals surface area contributed by atoms with Gasteiger partial charge in [-0.15, -0.1) is 0 Å². The van der Waals surface area contributed by atoms with Gasteiger partial charge in [-0.2, -0.15) is 0 Å². The van der Waals surface area contributed by atoms with Crippen LogP contribution in [0.15, 0.2) is 24.3 Å². The highest BCUT2D eigenvalue weighted by molar-refractivity contribution is 5.31. The lowest BCUT2D eigenvalue weighted by molar-refractivity contribution is 0.0427. The second-order valence-corrected chi connectivity index (χ2v) is 4.01. The van der Waals surface area contributed by atoms with Crippen LogP contribution in [0.4, 0.5) is 0 Å². The van der Waals surface area contributed by atoms with Crippen LogP contribution in [-0.2, 0) is 11.2 Å². The van der Waals surface area contributed by atoms with E-state index in [0.717, 1.165) is 26.1 Å². The Labute approximate surface area is 91.6 Å². The van der Waals surface area contributed by atoms with E-state index in [-0.39, 0.29) is 6.10 Å². The van der Waals surface area contributed by atoms with Gasteiger partial charge in [-0.3, -0.25) is 0 Å². The normalized spacial score (nSPS) is 19.9. The molecule has 0 aliphatic carbocycles. The van der Waals surface area contributed by atoms with Crippen molar-refractivity contribution in [1.29, 1.82) is 0 Å². The van der Waals surface area contributed by atoms with Crippen LogP contribution in [0.5, 0.6) is 0 Å². The van der Waals surface area contributed by atoms with Gasteiger partial charge in [0.05, 0.1) is 12.7 Å². The second kappa shape index (κ2) is 5.29. The Hall–Kier alpha value is -0.860. The van der Waals surface area contributed by atoms with Gasteiger partial charge < -0.3 is 10.1 Å². The summed E-state index contributed by atoms with van der Waals surface area (Å²) in [5, 5.41) is 3.42. The highest BCUT2D eigenvalue weighted by atomic mass is 16.5. The molecule has 0 saturated carbocycles. The van der Waals surface area contributed by atoms with Crippen molar-refractivity contribution in [3.8, 4) is 0 Å². The molecular weight excluding hydrogens is 186 g/mol. The number of rotatable bonds is 4. The molecule has 1 atom stereocenters. The number of fused-ring (bicyclic) bond motifs is 1. The third-order valence-electron chi connectivity index (χ3n) is 2.85. The lowest BCUT2D eigenvalue weighted by Crippen LogP contribution is -2.27. The van der Waals surface area contributed by atoms with Crippen molar-refractivity contribution >= 4 is 0 Å². The van der Waals surface area contributed by atoms with Crippen LogP contribution in [0, 0.1) is 0 Å². The van der Waals surface area contributed by atoms with Gasteiger partial charge in [-0.1, -0.05) is 31.2 Å². The van der Waals surface area contributed by atoms with Crippen molar-refractivity contribution in [2.45, 2.75) is 25.9 Å². The lowest BCUT2D eigenvalue weighted by Gasteiger charge is -2.26. The molecule has 1 aliphatic heterocycles. The molecule has 0 fully saturated rings. The van der Waals surface area contributed by atoms with E-state index in [2.05, 4.69) is 36.5 Å². The predicted molar refractivity (Wildman–Crippen MR) is 62.0 cm³/mol. The summed E-state index contributed by atoms with van der Waals surface area (Å²) in [5.41, 5.74) is 2.82. The van der Waals surface area contributed by atoms with Crippen LogP contribution in [0.25, 0.3) is 0 Å². The van der Waals surface area contributed by atoms with Gasteiger partial charge in [0.2, 0.25) is 0 Å². The minimum Gasteiger partial charge on any atom is -0.372 e. The van der Waals surface area contributed by atoms with Crippen LogP contribution in [0.2, 0.25) is 0 Å². The van der Waals surface area contributed by atoms with Gasteiger partial charge in [0, 0.05) is 6.54 Å². The summed E-state index contributed by atoms with van der Waals surface area (Å²) in [6.07, 6.45) is 2.48. The molecule has 1 unspecified atom stereocenters. The molecule has 1 N–H and O–H groups in total. The van der Waals surface area contributed by atoms with E-state index in [4.69, 9.17) is 4.74 Å². The standard InChI is InChI=1S/C13H19NO/c1-2-8-14-10-13-12-6-4-3-5-11(12)7-9-15-13/h3-6,13-14H,2,7-10H2,1H3. The summed E-state index contributed by atoms with van der Waals surface area (Å²) in [6.45, 7) is 5.05. The maximum Gasteiger partial charge on any atom is 0.0952 e. The lowest BCUT2D eigenvalue weighted by atomic mass is 9.97. The molecule has 2 heteroatoms. The first-order valence-electron chi connectivity index (χ1n) is 5.82. The SMILES string of the molecule is CCCNCC1OCCc2ccccc21. The number of benzene rings is 1. The minimum atomic E-state index is 0.251. The quantitative estimate of drug-likeness (QED) is 0.762. The summed E-state index contributed by atoms with van der Waals surface area (Å²) in [5.74, 6) is 0. The maximum atomic E-state index is 5.79. The van der Waals surface area contributed by atoms with Crippen LogP contribution >= 0.6 is 0 Å². The molecular formula is C13H19NO. The first kappa shape index (κ1) is 10.7. The first-order chi connectivity index (χ1) is 7.42. The van der Waals surface area contributed by atoms with Crippen LogP contribution in [0.3, 0.4) is 0 Å². The van der Waals surface area contributed by atoms with E-state index in [1.807, 2.05) is 0 Å². The number of hydrogen-bond acceptors (Lipinski definition) is 2. The third kappa shape index (κ3) is 2.58. The fourth-order valence-corrected chi connectivity index (χ4v) is 2.06. The Morgan fingerprint density at radius 3 is 3.13 bits per heavy atom. The molecule has 0 bridgehead atoms. The molecule has 0 amide bonds. The van der Waals surface area contributed by atoms with Gasteiger partial charge in [0.25, 0.3) is 0 Å². The van der Waals surface area contributed by atoms with Gasteiger partial charge >= 0.3 is 0 Å². The Bertz CT molecular complexity index is 311. The summed E-state index contributed by atoms with van der Waals surface area (Å²) in [4.78, 5) is 0. The molecule has 2 rings (SSSR count). The zero-order valence-electron chi connectivity index (χ0n) is 9.33. The van der Waals surface area contributed by atoms with E-state index in [1.165, 1.54) is 17.5 Å². The number of ether oxygens (including phenoxy) is 1. The fourth-order valence-electron chi connectivity index (χ4n) is 2.06. The molecule has 0 aromatic heterocycles. The highest BCUT2D eigenvalue weighted by Crippen LogP contribution is 2.25. The number of hydrogen-bond donors (Lipinski definition) is 1. The van der Waals surface area contributed by atoms with E-state index in [0.29, 0.717) is 0 Å². The van der Waals surface area contributed by atoms with Crippen molar-refractivity contribution in [3.05, 3.63) is 35.4 Å². The summed E-state index contributed by atoms with van der Waals surface area (Å²) in [6, 6.07) is 8.61. The topological polar surface area (TPSA) is 21.3 Å². The molecule has 0 spiro atoms. The predicted octanol–water partition coefficient (Wildman–Crippen LogP) is 2.30. The largest absolute Gasteiger partial charge is 0.372 e. The third-order valence-corrected chi connectivity index (χ3v) is 2.85. The average Bonchev–Trinajstić information content (AvgIpc) is 2.30. The maximum absolute atomic E-state index is 5.79. The van der Waals surface area contributed by atoms with Gasteiger partial charge in [-0.05, 0) is 30.5 Å². The van der Waals surface area contributed by atoms with Crippen molar-refractivity contribution in [2.24, 2.45) is 0 Å². The summed E-state index contributed by atoms with van der Waals surface area (Å²) in [7, 11) is 0. The zero-order chi connectivity index (χ0) is 10.5. The van der Waals surface area contributed by atoms with Gasteiger partial charge in [-0.25, -0.2) is 0 Å². The second-order valence-electron chi connectivity index (χ2n) is 4.01. The fraction of sp³-hybridized carbons (Fsp3) is 0.538. The smallest absolute Gasteiger partial charge is 0.0952 e. The molecule has 0 radical (unpaired) electrons. The molecule has 0 saturated heterocycles. The Morgan fingerprint density at radius 2 is 2.27 bits per heavy atom. The zero-order valence-corrected chi connectivity index (χ0v) is 9.33. The van der Waals surface area contributed by atoms with Crippen molar-refractivity contribution < 1.29 is 4.74 Å². The van der Waals surface area contributed by atoms with E-state index < -0.39 is 0 Å². The minimum absolute atomic E-state index is 0.251. The Balaban J connectivity index is 2.02. The summed E-state index contributed by atoms with van der Waals surface area (Å²) >= 11 is 0. The van der Waals surface area contributed by atoms with Crippen LogP contribution < -0.4 is 5.32 Å². The molecule has 2 nitrogen and oxygen atoms in total. The molecule has 1 aliphatic rings. The average molecular weight is 205 g/mol. The molecule has 82 valence electrons. The van der Waals surface area contributed by atoms with Gasteiger partial charge in [0.15, 0.2) is 0 Å². The molecule has 1 aromatic rings. The van der Waals surface area contributed by atoms with E-state index in [9.17, 15) is 0 Å². The van der Waals surface area contributed by atoms with Crippen LogP contribution in [-0.4, -0.2) is 19.7 Å². The van der Waals surface area contributed by atoms with Gasteiger partial charge in [0.1, 0.15) is 0 Å². The summed E-state index contributed by atoms with van der Waals surface area (Å²) < 4.78 is 5.79.